The van der Waals surface area contributed by atoms with Crippen molar-refractivity contribution in [1.29, 1.82) is 0 Å². The van der Waals surface area contributed by atoms with E-state index < -0.39 is 0 Å². The van der Waals surface area contributed by atoms with Crippen molar-refractivity contribution in [3.8, 4) is 0 Å². The first-order valence-electron chi connectivity index (χ1n) is 25.9. The first-order valence-corrected chi connectivity index (χ1v) is 25.9. The molecule has 1 fully saturated rings. The van der Waals surface area contributed by atoms with Crippen LogP contribution in [-0.2, 0) is 30.1 Å². The average Bonchev–Trinajstić information content (AvgIpc) is 3.68. The van der Waals surface area contributed by atoms with Crippen molar-refractivity contribution in [3.63, 3.8) is 0 Å². The zero-order valence-electron chi connectivity index (χ0n) is 41.2. The fourth-order valence-electron chi connectivity index (χ4n) is 13.4. The van der Waals surface area contributed by atoms with Gasteiger partial charge < -0.3 is 14.7 Å². The van der Waals surface area contributed by atoms with E-state index in [0.717, 1.165) is 19.3 Å². The Labute approximate surface area is 397 Å². The van der Waals surface area contributed by atoms with Crippen LogP contribution in [0.15, 0.2) is 127 Å². The Morgan fingerprint density at radius 1 is 0.530 bits per heavy atom. The van der Waals surface area contributed by atoms with E-state index >= 15 is 0 Å². The lowest BCUT2D eigenvalue weighted by Crippen LogP contribution is -2.56. The molecule has 11 rings (SSSR count). The predicted octanol–water partition coefficient (Wildman–Crippen LogP) is 15.6. The summed E-state index contributed by atoms with van der Waals surface area (Å²) < 4.78 is 0. The molecule has 0 bridgehead atoms. The molecule has 2 unspecified atom stereocenters. The SMILES string of the molecule is CCCCc1ccc(N2C3=C(B4c5cc6c(cc5N(c5ccc(CCCC)cc5)c5cc(C)cc2c54)N(c2ccccc2)C2(C)CCCCC62C)c2cc(CCCC)ccc2C3(C)C)cc1. The molecule has 1 saturated carbocycles. The minimum Gasteiger partial charge on any atom is -0.334 e. The number of aryl methyl sites for hydroxylation is 4. The van der Waals surface area contributed by atoms with E-state index in [1.54, 1.807) is 0 Å². The number of hydrogen-bond donors (Lipinski definition) is 0. The van der Waals surface area contributed by atoms with E-state index in [-0.39, 0.29) is 23.1 Å². The van der Waals surface area contributed by atoms with Crippen LogP contribution in [0.5, 0.6) is 0 Å². The number of anilines is 7. The predicted molar refractivity (Wildman–Crippen MR) is 284 cm³/mol. The van der Waals surface area contributed by atoms with E-state index in [1.165, 1.54) is 165 Å². The monoisotopic (exact) mass is 868 g/mol. The van der Waals surface area contributed by atoms with Crippen LogP contribution in [0.3, 0.4) is 0 Å². The molecule has 2 atom stereocenters. The van der Waals surface area contributed by atoms with Gasteiger partial charge in [0.05, 0.1) is 5.54 Å². The first-order chi connectivity index (χ1) is 32.0. The molecule has 0 amide bonds. The fraction of sp³-hybridized carbons (Fsp3) is 0.387. The number of benzene rings is 6. The van der Waals surface area contributed by atoms with Crippen LogP contribution >= 0.6 is 0 Å². The molecule has 3 heterocycles. The van der Waals surface area contributed by atoms with E-state index in [9.17, 15) is 0 Å². The van der Waals surface area contributed by atoms with E-state index in [2.05, 4.69) is 191 Å². The van der Waals surface area contributed by atoms with Gasteiger partial charge in [0.1, 0.15) is 0 Å². The molecule has 6 aromatic rings. The lowest BCUT2D eigenvalue weighted by molar-refractivity contribution is 0.195. The largest absolute Gasteiger partial charge is 0.334 e. The highest BCUT2D eigenvalue weighted by molar-refractivity contribution is 7.03. The molecule has 5 aliphatic rings. The molecule has 0 N–H and O–H groups in total. The molecule has 336 valence electrons. The maximum Gasteiger partial charge on any atom is 0.252 e. The Hall–Kier alpha value is -5.48. The topological polar surface area (TPSA) is 9.72 Å². The van der Waals surface area contributed by atoms with E-state index in [4.69, 9.17) is 0 Å². The van der Waals surface area contributed by atoms with Gasteiger partial charge in [0.2, 0.25) is 0 Å². The first kappa shape index (κ1) is 43.1. The molecule has 4 heteroatoms. The summed E-state index contributed by atoms with van der Waals surface area (Å²) in [5.74, 6) is 0. The quantitative estimate of drug-likeness (QED) is 0.113. The summed E-state index contributed by atoms with van der Waals surface area (Å²) in [6, 6.07) is 48.7. The van der Waals surface area contributed by atoms with Crippen LogP contribution in [-0.4, -0.2) is 12.3 Å². The molecule has 0 spiro atoms. The second-order valence-electron chi connectivity index (χ2n) is 21.6. The van der Waals surface area contributed by atoms with Crippen molar-refractivity contribution in [2.75, 3.05) is 14.7 Å². The van der Waals surface area contributed by atoms with Crippen LogP contribution < -0.4 is 25.6 Å². The molecule has 2 aliphatic carbocycles. The van der Waals surface area contributed by atoms with Crippen LogP contribution in [0.2, 0.25) is 0 Å². The van der Waals surface area contributed by atoms with Gasteiger partial charge in [0, 0.05) is 56.3 Å². The molecule has 0 saturated heterocycles. The second kappa shape index (κ2) is 16.4. The van der Waals surface area contributed by atoms with Crippen LogP contribution in [0.1, 0.15) is 152 Å². The minimum absolute atomic E-state index is 0.00873. The van der Waals surface area contributed by atoms with Gasteiger partial charge in [0.25, 0.3) is 6.71 Å². The molecule has 0 radical (unpaired) electrons. The molecular weight excluding hydrogens is 798 g/mol. The van der Waals surface area contributed by atoms with Crippen molar-refractivity contribution in [2.45, 2.75) is 155 Å². The van der Waals surface area contributed by atoms with Crippen molar-refractivity contribution < 1.29 is 0 Å². The standard InChI is InChI=1S/C62H70BN3/c1-9-12-20-43-25-30-46(31-26-43)64-54-41-53-51(61(7)35-18-19-36-62(61,8)66(53)48-23-16-15-17-24-48)40-52(54)63-57-49-39-45(22-14-11-3)29-34-50(49)60(5,6)59(57)65(56-38-42(4)37-55(64)58(56)63)47-32-27-44(28-33-47)21-13-10-2/h15-17,23-34,37-41H,9-14,18-22,35-36H2,1-8H3. The van der Waals surface area contributed by atoms with Gasteiger partial charge >= 0.3 is 0 Å². The number of unbranched alkanes of at least 4 members (excludes halogenated alkanes) is 3. The van der Waals surface area contributed by atoms with Crippen molar-refractivity contribution in [3.05, 3.63) is 166 Å². The van der Waals surface area contributed by atoms with Gasteiger partial charge in [0.15, 0.2) is 0 Å². The summed E-state index contributed by atoms with van der Waals surface area (Å²) in [5, 5.41) is 0. The maximum absolute atomic E-state index is 2.77. The normalized spacial score (nSPS) is 20.8. The second-order valence-corrected chi connectivity index (χ2v) is 21.6. The molecule has 6 aromatic carbocycles. The molecule has 3 aliphatic heterocycles. The summed E-state index contributed by atoms with van der Waals surface area (Å²) in [7, 11) is 0. The molecular formula is C62H70BN3. The van der Waals surface area contributed by atoms with Gasteiger partial charge in [-0.3, -0.25) is 0 Å². The summed E-state index contributed by atoms with van der Waals surface area (Å²) in [6.07, 6.45) is 15.5. The fourth-order valence-corrected chi connectivity index (χ4v) is 13.4. The third-order valence-electron chi connectivity index (χ3n) is 17.1. The molecule has 66 heavy (non-hydrogen) atoms. The van der Waals surface area contributed by atoms with Gasteiger partial charge in [-0.05, 0) is 175 Å². The highest BCUT2D eigenvalue weighted by Crippen LogP contribution is 2.63. The van der Waals surface area contributed by atoms with Gasteiger partial charge in [-0.15, -0.1) is 0 Å². The van der Waals surface area contributed by atoms with Crippen molar-refractivity contribution in [1.82, 2.24) is 0 Å². The van der Waals surface area contributed by atoms with Crippen molar-refractivity contribution >= 4 is 62.9 Å². The zero-order valence-corrected chi connectivity index (χ0v) is 41.2. The number of nitrogens with zero attached hydrogens (tertiary/aromatic N) is 3. The lowest BCUT2D eigenvalue weighted by atomic mass is 9.32. The number of allylic oxidation sites excluding steroid dienone is 1. The number of para-hydroxylation sites is 1. The Morgan fingerprint density at radius 2 is 1.11 bits per heavy atom. The Kier molecular flexibility index (Phi) is 10.7. The Bertz CT molecular complexity index is 2850. The van der Waals surface area contributed by atoms with Crippen molar-refractivity contribution in [2.24, 2.45) is 0 Å². The van der Waals surface area contributed by atoms with Gasteiger partial charge in [-0.1, -0.05) is 140 Å². The summed E-state index contributed by atoms with van der Waals surface area (Å²) >= 11 is 0. The van der Waals surface area contributed by atoms with E-state index in [1.807, 2.05) is 0 Å². The number of fused-ring (bicyclic) bond motifs is 8. The van der Waals surface area contributed by atoms with Gasteiger partial charge in [-0.25, -0.2) is 0 Å². The molecule has 0 aromatic heterocycles. The lowest BCUT2D eigenvalue weighted by Gasteiger charge is -2.50. The summed E-state index contributed by atoms with van der Waals surface area (Å²) in [5.41, 5.74) is 24.7. The number of rotatable bonds is 12. The highest BCUT2D eigenvalue weighted by atomic mass is 15.3. The van der Waals surface area contributed by atoms with Crippen LogP contribution in [0.4, 0.5) is 39.8 Å². The Balaban J connectivity index is 1.23. The third kappa shape index (κ3) is 6.43. The van der Waals surface area contributed by atoms with Crippen LogP contribution in [0.25, 0.3) is 5.47 Å². The highest BCUT2D eigenvalue weighted by Gasteiger charge is 2.59. The minimum atomic E-state index is -0.225. The van der Waals surface area contributed by atoms with E-state index in [0.29, 0.717) is 0 Å². The number of hydrogen-bond acceptors (Lipinski definition) is 3. The summed E-state index contributed by atoms with van der Waals surface area (Å²) in [4.78, 5) is 8.16. The average molecular weight is 868 g/mol. The van der Waals surface area contributed by atoms with Crippen LogP contribution in [0, 0.1) is 6.92 Å². The Morgan fingerprint density at radius 3 is 1.74 bits per heavy atom. The zero-order chi connectivity index (χ0) is 45.5. The summed E-state index contributed by atoms with van der Waals surface area (Å²) in [6.45, 7) is 19.5. The van der Waals surface area contributed by atoms with Gasteiger partial charge in [-0.2, -0.15) is 0 Å². The maximum atomic E-state index is 2.77. The smallest absolute Gasteiger partial charge is 0.252 e. The third-order valence-corrected chi connectivity index (χ3v) is 17.1. The molecule has 3 nitrogen and oxygen atoms in total.